The van der Waals surface area contributed by atoms with E-state index in [1.165, 1.54) is 7.11 Å². The van der Waals surface area contributed by atoms with Crippen LogP contribution in [-0.4, -0.2) is 25.2 Å². The van der Waals surface area contributed by atoms with E-state index in [-0.39, 0.29) is 13.0 Å². The topological polar surface area (TPSA) is 61.8 Å². The number of ether oxygens (including phenoxy) is 3. The Labute approximate surface area is 176 Å². The van der Waals surface area contributed by atoms with Crippen LogP contribution in [0.4, 0.5) is 0 Å². The molecular formula is C25H24O5. The number of methoxy groups -OCH3 is 1. The summed E-state index contributed by atoms with van der Waals surface area (Å²) >= 11 is 0. The first-order chi connectivity index (χ1) is 14.7. The highest BCUT2D eigenvalue weighted by Crippen LogP contribution is 2.20. The molecule has 5 nitrogen and oxygen atoms in total. The molecule has 3 rings (SSSR count). The molecule has 0 saturated heterocycles. The minimum atomic E-state index is -1.08. The first-order valence-corrected chi connectivity index (χ1v) is 9.70. The van der Waals surface area contributed by atoms with Gasteiger partial charge in [-0.1, -0.05) is 91.0 Å². The van der Waals surface area contributed by atoms with Crippen LogP contribution in [0, 0.1) is 0 Å². The fourth-order valence-electron chi connectivity index (χ4n) is 3.02. The van der Waals surface area contributed by atoms with E-state index in [1.54, 1.807) is 12.1 Å². The average Bonchev–Trinajstić information content (AvgIpc) is 2.79. The van der Waals surface area contributed by atoms with Gasteiger partial charge in [0.25, 0.3) is 0 Å². The molecule has 0 fully saturated rings. The van der Waals surface area contributed by atoms with E-state index in [1.807, 2.05) is 78.9 Å². The summed E-state index contributed by atoms with van der Waals surface area (Å²) in [6.45, 7) is 0.106. The van der Waals surface area contributed by atoms with Crippen LogP contribution in [0.1, 0.15) is 22.8 Å². The molecule has 0 unspecified atom stereocenters. The Morgan fingerprint density at radius 3 is 1.83 bits per heavy atom. The van der Waals surface area contributed by atoms with E-state index < -0.39 is 24.1 Å². The van der Waals surface area contributed by atoms with Gasteiger partial charge in [-0.05, 0) is 16.7 Å². The largest absolute Gasteiger partial charge is 0.458 e. The van der Waals surface area contributed by atoms with Gasteiger partial charge in [-0.3, -0.25) is 0 Å². The van der Waals surface area contributed by atoms with E-state index in [2.05, 4.69) is 0 Å². The number of rotatable bonds is 9. The zero-order chi connectivity index (χ0) is 21.2. The van der Waals surface area contributed by atoms with Crippen molar-refractivity contribution in [2.45, 2.75) is 25.2 Å². The molecule has 0 saturated carbocycles. The van der Waals surface area contributed by atoms with Gasteiger partial charge in [0, 0.05) is 13.5 Å². The summed E-state index contributed by atoms with van der Waals surface area (Å²) < 4.78 is 16.3. The van der Waals surface area contributed by atoms with Gasteiger partial charge in [-0.25, -0.2) is 9.59 Å². The first kappa shape index (κ1) is 21.3. The third-order valence-corrected chi connectivity index (χ3v) is 4.56. The molecule has 0 aromatic heterocycles. The fraction of sp³-hybridized carbons (Fsp3) is 0.200. The van der Waals surface area contributed by atoms with Crippen LogP contribution in [0.2, 0.25) is 0 Å². The fourth-order valence-corrected chi connectivity index (χ4v) is 3.02. The lowest BCUT2D eigenvalue weighted by Gasteiger charge is -2.21. The van der Waals surface area contributed by atoms with Gasteiger partial charge in [0.2, 0.25) is 6.10 Å². The van der Waals surface area contributed by atoms with Crippen molar-refractivity contribution in [3.8, 4) is 0 Å². The molecule has 154 valence electrons. The summed E-state index contributed by atoms with van der Waals surface area (Å²) in [5.41, 5.74) is 2.37. The van der Waals surface area contributed by atoms with Crippen molar-refractivity contribution in [2.24, 2.45) is 0 Å². The highest BCUT2D eigenvalue weighted by atomic mass is 16.6. The maximum Gasteiger partial charge on any atom is 0.348 e. The van der Waals surface area contributed by atoms with Crippen LogP contribution >= 0.6 is 0 Å². The number of hydrogen-bond acceptors (Lipinski definition) is 5. The predicted octanol–water partition coefficient (Wildman–Crippen LogP) is 4.27. The zero-order valence-corrected chi connectivity index (χ0v) is 16.8. The lowest BCUT2D eigenvalue weighted by molar-refractivity contribution is -0.175. The number of hydrogen-bond donors (Lipinski definition) is 0. The molecule has 3 aromatic rings. The highest BCUT2D eigenvalue weighted by Gasteiger charge is 2.30. The van der Waals surface area contributed by atoms with Crippen molar-refractivity contribution in [1.29, 1.82) is 0 Å². The second kappa shape index (κ2) is 10.9. The van der Waals surface area contributed by atoms with Crippen LogP contribution in [0.5, 0.6) is 0 Å². The molecule has 0 amide bonds. The van der Waals surface area contributed by atoms with E-state index in [0.29, 0.717) is 5.56 Å². The van der Waals surface area contributed by atoms with Crippen molar-refractivity contribution in [3.63, 3.8) is 0 Å². The molecule has 0 aliphatic rings. The maximum absolute atomic E-state index is 12.8. The predicted molar refractivity (Wildman–Crippen MR) is 112 cm³/mol. The first-order valence-electron chi connectivity index (χ1n) is 9.70. The van der Waals surface area contributed by atoms with E-state index in [9.17, 15) is 9.59 Å². The molecule has 0 N–H and O–H groups in total. The van der Waals surface area contributed by atoms with Crippen LogP contribution in [0.15, 0.2) is 91.0 Å². The lowest BCUT2D eigenvalue weighted by atomic mass is 10.1. The summed E-state index contributed by atoms with van der Waals surface area (Å²) in [7, 11) is 1.43. The third kappa shape index (κ3) is 6.03. The van der Waals surface area contributed by atoms with Crippen LogP contribution in [0.3, 0.4) is 0 Å². The van der Waals surface area contributed by atoms with Gasteiger partial charge in [0.15, 0.2) is 6.10 Å². The van der Waals surface area contributed by atoms with Gasteiger partial charge in [-0.15, -0.1) is 0 Å². The molecule has 5 heteroatoms. The normalized spacial score (nSPS) is 12.6. The van der Waals surface area contributed by atoms with E-state index in [4.69, 9.17) is 14.2 Å². The van der Waals surface area contributed by atoms with Gasteiger partial charge in [-0.2, -0.15) is 0 Å². The SMILES string of the molecule is CO[C@@H](C(=O)O[C@@H](Cc1ccccc1)C(=O)OCc1ccccc1)c1ccccc1. The standard InChI is InChI=1S/C25H24O5/c1-28-23(21-15-9-4-10-16-21)25(27)30-22(17-19-11-5-2-6-12-19)24(26)29-18-20-13-7-3-8-14-20/h2-16,22-23H,17-18H2,1H3/t22-,23+/m0/s1. The molecule has 0 heterocycles. The minimum absolute atomic E-state index is 0.106. The molecule has 0 spiro atoms. The Bertz CT molecular complexity index is 926. The number of carbonyl (C=O) groups is 2. The van der Waals surface area contributed by atoms with Gasteiger partial charge in [0.05, 0.1) is 0 Å². The third-order valence-electron chi connectivity index (χ3n) is 4.56. The second-order valence-electron chi connectivity index (χ2n) is 6.73. The molecule has 3 aromatic carbocycles. The van der Waals surface area contributed by atoms with Crippen molar-refractivity contribution in [3.05, 3.63) is 108 Å². The van der Waals surface area contributed by atoms with Crippen molar-refractivity contribution in [2.75, 3.05) is 7.11 Å². The summed E-state index contributed by atoms with van der Waals surface area (Å²) in [6.07, 6.45) is -1.79. The van der Waals surface area contributed by atoms with Crippen molar-refractivity contribution < 1.29 is 23.8 Å². The van der Waals surface area contributed by atoms with E-state index in [0.717, 1.165) is 11.1 Å². The average molecular weight is 404 g/mol. The minimum Gasteiger partial charge on any atom is -0.458 e. The van der Waals surface area contributed by atoms with Crippen molar-refractivity contribution in [1.82, 2.24) is 0 Å². The molecular weight excluding hydrogens is 380 g/mol. The smallest absolute Gasteiger partial charge is 0.348 e. The number of esters is 2. The molecule has 0 aliphatic heterocycles. The maximum atomic E-state index is 12.8. The van der Waals surface area contributed by atoms with Crippen LogP contribution in [-0.2, 0) is 36.8 Å². The summed E-state index contributed by atoms with van der Waals surface area (Å²) in [5.74, 6) is -1.24. The van der Waals surface area contributed by atoms with Gasteiger partial charge in [0.1, 0.15) is 6.61 Å². The van der Waals surface area contributed by atoms with Crippen molar-refractivity contribution >= 4 is 11.9 Å². The van der Waals surface area contributed by atoms with Gasteiger partial charge < -0.3 is 14.2 Å². The molecule has 2 atom stereocenters. The molecule has 0 bridgehead atoms. The zero-order valence-electron chi connectivity index (χ0n) is 16.8. The lowest BCUT2D eigenvalue weighted by Crippen LogP contribution is -2.33. The molecule has 30 heavy (non-hydrogen) atoms. The number of benzene rings is 3. The Balaban J connectivity index is 1.73. The second-order valence-corrected chi connectivity index (χ2v) is 6.73. The molecule has 0 aliphatic carbocycles. The van der Waals surface area contributed by atoms with E-state index >= 15 is 0 Å². The quantitative estimate of drug-likeness (QED) is 0.499. The monoisotopic (exact) mass is 404 g/mol. The number of carbonyl (C=O) groups excluding carboxylic acids is 2. The Hall–Kier alpha value is -3.44. The molecule has 0 radical (unpaired) electrons. The van der Waals surface area contributed by atoms with Crippen LogP contribution < -0.4 is 0 Å². The Morgan fingerprint density at radius 1 is 0.733 bits per heavy atom. The summed E-state index contributed by atoms with van der Waals surface area (Å²) in [4.78, 5) is 25.6. The highest BCUT2D eigenvalue weighted by molar-refractivity contribution is 5.82. The summed E-state index contributed by atoms with van der Waals surface area (Å²) in [6, 6.07) is 27.7. The van der Waals surface area contributed by atoms with Gasteiger partial charge >= 0.3 is 11.9 Å². The van der Waals surface area contributed by atoms with Crippen LogP contribution in [0.25, 0.3) is 0 Å². The summed E-state index contributed by atoms with van der Waals surface area (Å²) in [5, 5.41) is 0. The Morgan fingerprint density at radius 2 is 1.27 bits per heavy atom. The Kier molecular flexibility index (Phi) is 7.75.